The monoisotopic (exact) mass is 216 g/mol. The SMILES string of the molecule is [Cu].[Ni].[P].[Zn]. The van der Waals surface area contributed by atoms with Crippen molar-refractivity contribution in [2.45, 2.75) is 0 Å². The van der Waals surface area contributed by atoms with Gasteiger partial charge in [-0.2, -0.15) is 0 Å². The molecule has 0 nitrogen and oxygen atoms in total. The Morgan fingerprint density at radius 2 is 1.00 bits per heavy atom. The van der Waals surface area contributed by atoms with E-state index in [9.17, 15) is 0 Å². The van der Waals surface area contributed by atoms with Crippen molar-refractivity contribution in [2.24, 2.45) is 0 Å². The van der Waals surface area contributed by atoms with E-state index in [1.807, 2.05) is 0 Å². The van der Waals surface area contributed by atoms with E-state index in [-0.39, 0.29) is 62.9 Å². The van der Waals surface area contributed by atoms with Crippen molar-refractivity contribution in [1.82, 2.24) is 0 Å². The van der Waals surface area contributed by atoms with Crippen LogP contribution in [-0.4, -0.2) is 0 Å². The molecule has 0 aromatic carbocycles. The molecule has 0 fully saturated rings. The van der Waals surface area contributed by atoms with Gasteiger partial charge in [-0.1, -0.05) is 0 Å². The molecule has 0 heterocycles. The Morgan fingerprint density at radius 1 is 1.00 bits per heavy atom. The molecule has 0 saturated heterocycles. The summed E-state index contributed by atoms with van der Waals surface area (Å²) < 4.78 is 0. The van der Waals surface area contributed by atoms with Crippen LogP contribution in [0.5, 0.6) is 0 Å². The van der Waals surface area contributed by atoms with Crippen molar-refractivity contribution >= 4 is 9.90 Å². The first-order valence-electron chi connectivity index (χ1n) is 0. The molecule has 0 N–H and O–H groups in total. The molecule has 0 aliphatic heterocycles. The fraction of sp³-hybridized carbons (Fsp3) is 0. The maximum Gasteiger partial charge on any atom is 0 e. The van der Waals surface area contributed by atoms with Gasteiger partial charge in [0.25, 0.3) is 0 Å². The summed E-state index contributed by atoms with van der Waals surface area (Å²) in [7, 11) is 0. The zero-order valence-electron chi connectivity index (χ0n) is 1.77. The van der Waals surface area contributed by atoms with Gasteiger partial charge in [0, 0.05) is 62.9 Å². The van der Waals surface area contributed by atoms with Gasteiger partial charge >= 0.3 is 0 Å². The maximum absolute atomic E-state index is 0. The molecule has 4 radical (unpaired) electrons. The molecule has 4 heavy (non-hydrogen) atoms. The van der Waals surface area contributed by atoms with Crippen LogP contribution in [0.4, 0.5) is 0 Å². The van der Waals surface area contributed by atoms with Gasteiger partial charge in [0.1, 0.15) is 0 Å². The van der Waals surface area contributed by atoms with E-state index in [1.54, 1.807) is 0 Å². The minimum absolute atomic E-state index is 0. The molecule has 0 aliphatic carbocycles. The molecule has 0 aromatic rings. The molecule has 0 aliphatic rings. The minimum atomic E-state index is 0. The first-order valence-corrected chi connectivity index (χ1v) is 0. The summed E-state index contributed by atoms with van der Waals surface area (Å²) in [6.45, 7) is 0. The van der Waals surface area contributed by atoms with E-state index < -0.39 is 0 Å². The first kappa shape index (κ1) is 36.5. The van der Waals surface area contributed by atoms with Crippen LogP contribution in [0.15, 0.2) is 0 Å². The summed E-state index contributed by atoms with van der Waals surface area (Å²) in [6.07, 6.45) is 0. The second kappa shape index (κ2) is 19.6. The molecule has 28 valence electrons. The molecule has 0 rings (SSSR count). The van der Waals surface area contributed by atoms with Gasteiger partial charge in [0.05, 0.1) is 0 Å². The number of hydrogen-bond donors (Lipinski definition) is 0. The molecule has 0 aromatic heterocycles. The van der Waals surface area contributed by atoms with Crippen molar-refractivity contribution in [3.05, 3.63) is 0 Å². The van der Waals surface area contributed by atoms with Crippen LogP contribution in [0.25, 0.3) is 0 Å². The predicted octanol–water partition coefficient (Wildman–Crippen LogP) is 0.854. The zero-order valence-corrected chi connectivity index (χ0v) is 7.56. The van der Waals surface area contributed by atoms with Crippen molar-refractivity contribution in [2.75, 3.05) is 0 Å². The fourth-order valence-electron chi connectivity index (χ4n) is 0. The van der Waals surface area contributed by atoms with Crippen LogP contribution in [0.2, 0.25) is 0 Å². The van der Waals surface area contributed by atoms with Gasteiger partial charge in [-0.25, -0.2) is 0 Å². The van der Waals surface area contributed by atoms with Crippen molar-refractivity contribution in [3.8, 4) is 0 Å². The largest absolute Gasteiger partial charge is 0 e. The Bertz CT molecular complexity index is 8.00. The Balaban J connectivity index is 0. The predicted molar refractivity (Wildman–Crippen MR) is 6.92 cm³/mol. The second-order valence-corrected chi connectivity index (χ2v) is 0. The van der Waals surface area contributed by atoms with Gasteiger partial charge in [0.2, 0.25) is 0 Å². The third-order valence-corrected chi connectivity index (χ3v) is 0. The van der Waals surface area contributed by atoms with E-state index in [4.69, 9.17) is 0 Å². The molecule has 0 spiro atoms. The average Bonchev–Trinajstić information content (AvgIpc) is 0. The van der Waals surface area contributed by atoms with Gasteiger partial charge in [-0.3, -0.25) is 0 Å². The summed E-state index contributed by atoms with van der Waals surface area (Å²) in [5.74, 6) is 0. The Morgan fingerprint density at radius 3 is 1.00 bits per heavy atom. The minimum Gasteiger partial charge on any atom is 0 e. The third-order valence-electron chi connectivity index (χ3n) is 0. The number of rotatable bonds is 0. The zero-order chi connectivity index (χ0) is 0. The van der Waals surface area contributed by atoms with Crippen LogP contribution in [0, 0.1) is 0 Å². The van der Waals surface area contributed by atoms with Crippen molar-refractivity contribution < 1.29 is 53.0 Å². The molecule has 0 atom stereocenters. The van der Waals surface area contributed by atoms with E-state index in [2.05, 4.69) is 0 Å². The molecule has 0 bridgehead atoms. The molecule has 4 heteroatoms. The number of hydrogen-bond acceptors (Lipinski definition) is 0. The third kappa shape index (κ3) is 8.95. The van der Waals surface area contributed by atoms with Gasteiger partial charge < -0.3 is 0 Å². The van der Waals surface area contributed by atoms with Gasteiger partial charge in [-0.15, -0.1) is 0 Å². The molecule has 0 amide bonds. The quantitative estimate of drug-likeness (QED) is 0.418. The van der Waals surface area contributed by atoms with Crippen LogP contribution in [-0.2, 0) is 53.0 Å². The Kier molecular flexibility index (Phi) is 179. The van der Waals surface area contributed by atoms with E-state index in [1.165, 1.54) is 0 Å². The van der Waals surface area contributed by atoms with Crippen LogP contribution in [0.1, 0.15) is 0 Å². The van der Waals surface area contributed by atoms with Crippen molar-refractivity contribution in [1.29, 1.82) is 0 Å². The van der Waals surface area contributed by atoms with E-state index in [0.717, 1.165) is 0 Å². The maximum atomic E-state index is 0. The average molecular weight is 219 g/mol. The van der Waals surface area contributed by atoms with E-state index in [0.29, 0.717) is 0 Å². The molecule has 0 saturated carbocycles. The van der Waals surface area contributed by atoms with Crippen molar-refractivity contribution in [3.63, 3.8) is 0 Å². The fourth-order valence-corrected chi connectivity index (χ4v) is 0. The molecular formula is CuNiPZn. The van der Waals surface area contributed by atoms with Gasteiger partial charge in [0.15, 0.2) is 0 Å². The van der Waals surface area contributed by atoms with Crippen LogP contribution < -0.4 is 0 Å². The van der Waals surface area contributed by atoms with E-state index >= 15 is 0 Å². The summed E-state index contributed by atoms with van der Waals surface area (Å²) >= 11 is 0. The summed E-state index contributed by atoms with van der Waals surface area (Å²) in [5, 5.41) is 0. The first-order chi connectivity index (χ1) is 0. The Hall–Kier alpha value is 2.07. The normalized spacial score (nSPS) is 0. The Labute approximate surface area is 62.6 Å². The van der Waals surface area contributed by atoms with Gasteiger partial charge in [-0.05, 0) is 0 Å². The summed E-state index contributed by atoms with van der Waals surface area (Å²) in [5.41, 5.74) is 0. The van der Waals surface area contributed by atoms with Crippen LogP contribution in [0.3, 0.4) is 0 Å². The standard InChI is InChI=1S/Cu.Ni.P.Zn. The summed E-state index contributed by atoms with van der Waals surface area (Å²) in [4.78, 5) is 0. The second-order valence-electron chi connectivity index (χ2n) is 0. The topological polar surface area (TPSA) is 0 Å². The molecular weight excluding hydrogens is 219 g/mol. The van der Waals surface area contributed by atoms with Crippen LogP contribution >= 0.6 is 9.90 Å². The smallest absolute Gasteiger partial charge is 0 e. The summed E-state index contributed by atoms with van der Waals surface area (Å²) in [6, 6.07) is 0. The molecule has 0 unspecified atom stereocenters.